The van der Waals surface area contributed by atoms with E-state index in [4.69, 9.17) is 11.6 Å². The van der Waals surface area contributed by atoms with Crippen LogP contribution in [0, 0.1) is 11.7 Å². The van der Waals surface area contributed by atoms with Gasteiger partial charge in [-0.05, 0) is 18.6 Å². The van der Waals surface area contributed by atoms with Crippen LogP contribution in [0.3, 0.4) is 0 Å². The molecule has 2 aromatic heterocycles. The fraction of sp³-hybridized carbons (Fsp3) is 0.250. The summed E-state index contributed by atoms with van der Waals surface area (Å²) in [7, 11) is 0. The van der Waals surface area contributed by atoms with E-state index in [-0.39, 0.29) is 11.1 Å². The molecule has 0 aliphatic heterocycles. The Bertz CT molecular complexity index is 1050. The molecule has 4 nitrogen and oxygen atoms in total. The Morgan fingerprint density at radius 1 is 1.13 bits per heavy atom. The Balaban J connectivity index is 1.75. The third kappa shape index (κ3) is 5.25. The van der Waals surface area contributed by atoms with Crippen molar-refractivity contribution < 1.29 is 31.1 Å². The van der Waals surface area contributed by atoms with Crippen molar-refractivity contribution in [1.82, 2.24) is 15.3 Å². The van der Waals surface area contributed by atoms with Crippen molar-refractivity contribution in [2.24, 2.45) is 5.92 Å². The van der Waals surface area contributed by atoms with Gasteiger partial charge in [0.05, 0.1) is 23.7 Å². The lowest BCUT2D eigenvalue weighted by Gasteiger charge is -2.24. The smallest absolute Gasteiger partial charge is 0.346 e. The van der Waals surface area contributed by atoms with E-state index in [0.717, 1.165) is 30.6 Å². The van der Waals surface area contributed by atoms with Gasteiger partial charge in [0.2, 0.25) is 5.91 Å². The van der Waals surface area contributed by atoms with E-state index >= 15 is 0 Å². The number of amides is 1. The van der Waals surface area contributed by atoms with E-state index in [9.17, 15) is 31.1 Å². The fourth-order valence-corrected chi connectivity index (χ4v) is 3.29. The second-order valence-electron chi connectivity index (χ2n) is 6.71. The molecule has 0 saturated heterocycles. The molecule has 0 saturated carbocycles. The molecule has 1 atom stereocenters. The van der Waals surface area contributed by atoms with Crippen molar-refractivity contribution in [1.29, 1.82) is 0 Å². The van der Waals surface area contributed by atoms with Gasteiger partial charge in [-0.3, -0.25) is 14.8 Å². The lowest BCUT2D eigenvalue weighted by molar-refractivity contribution is -0.166. The summed E-state index contributed by atoms with van der Waals surface area (Å²) in [5.74, 6) is -7.75. The first-order valence-electron chi connectivity index (χ1n) is 8.85. The highest BCUT2D eigenvalue weighted by molar-refractivity contribution is 6.31. The number of carbonyl (C=O) groups excluding carboxylic acids is 1. The molecule has 1 unspecified atom stereocenters. The molecular weight excluding hydrogens is 448 g/mol. The third-order valence-electron chi connectivity index (χ3n) is 4.51. The highest BCUT2D eigenvalue weighted by Crippen LogP contribution is 2.37. The zero-order valence-electron chi connectivity index (χ0n) is 15.6. The molecule has 0 spiro atoms. The van der Waals surface area contributed by atoms with E-state index in [1.165, 1.54) is 18.3 Å². The van der Waals surface area contributed by atoms with E-state index < -0.39 is 59.0 Å². The van der Waals surface area contributed by atoms with Crippen molar-refractivity contribution in [3.63, 3.8) is 0 Å². The quantitative estimate of drug-likeness (QED) is 0.622. The predicted molar refractivity (Wildman–Crippen MR) is 101 cm³/mol. The summed E-state index contributed by atoms with van der Waals surface area (Å²) in [5.41, 5.74) is -1.05. The van der Waals surface area contributed by atoms with Gasteiger partial charge >= 0.3 is 12.1 Å². The molecule has 0 fully saturated rings. The summed E-state index contributed by atoms with van der Waals surface area (Å²) in [4.78, 5) is 19.4. The van der Waals surface area contributed by atoms with Crippen molar-refractivity contribution in [3.8, 4) is 11.1 Å². The molecule has 1 N–H and O–H groups in total. The number of aromatic nitrogens is 2. The lowest BCUT2D eigenvalue weighted by Crippen LogP contribution is -2.40. The Morgan fingerprint density at radius 3 is 2.48 bits per heavy atom. The largest absolute Gasteiger partial charge is 0.396 e. The van der Waals surface area contributed by atoms with Crippen LogP contribution < -0.4 is 5.32 Å². The number of carbonyl (C=O) groups is 1. The summed E-state index contributed by atoms with van der Waals surface area (Å²) in [6.45, 7) is -1.31. The molecule has 0 radical (unpaired) electrons. The molecule has 164 valence electrons. The molecular formula is C20H14ClF6N3O. The summed E-state index contributed by atoms with van der Waals surface area (Å²) in [5, 5.41) is 1.36. The van der Waals surface area contributed by atoms with Crippen molar-refractivity contribution in [2.45, 2.75) is 18.5 Å². The zero-order chi connectivity index (χ0) is 22.8. The lowest BCUT2D eigenvalue weighted by atomic mass is 9.90. The summed E-state index contributed by atoms with van der Waals surface area (Å²) >= 11 is 5.91. The van der Waals surface area contributed by atoms with Crippen LogP contribution in [0.1, 0.15) is 12.1 Å². The standard InChI is InChI=1S/C20H14ClF6N3O/c21-16-6-12(11-5-13(22)9-28-7-11)8-29-17(16)19(23,24)10-30-18(31)14-3-1-2-4-15(14)20(25,26)27/h1-3,5-9,15H,4,10H2,(H,30,31). The van der Waals surface area contributed by atoms with Gasteiger partial charge in [0.25, 0.3) is 0 Å². The third-order valence-corrected chi connectivity index (χ3v) is 4.80. The number of nitrogens with zero attached hydrogens (tertiary/aromatic N) is 2. The average Bonchev–Trinajstić information content (AvgIpc) is 2.71. The second kappa shape index (κ2) is 8.70. The van der Waals surface area contributed by atoms with Gasteiger partial charge in [0.15, 0.2) is 0 Å². The van der Waals surface area contributed by atoms with Gasteiger partial charge < -0.3 is 5.32 Å². The monoisotopic (exact) mass is 461 g/mol. The normalized spacial score (nSPS) is 16.7. The number of hydrogen-bond donors (Lipinski definition) is 1. The van der Waals surface area contributed by atoms with Crippen LogP contribution in [-0.2, 0) is 10.7 Å². The van der Waals surface area contributed by atoms with Crippen LogP contribution in [0.25, 0.3) is 11.1 Å². The Kier molecular flexibility index (Phi) is 6.40. The van der Waals surface area contributed by atoms with E-state index in [0.29, 0.717) is 0 Å². The minimum atomic E-state index is -4.69. The maximum absolute atomic E-state index is 14.6. The van der Waals surface area contributed by atoms with Crippen LogP contribution >= 0.6 is 11.6 Å². The van der Waals surface area contributed by atoms with Crippen LogP contribution in [0.15, 0.2) is 54.5 Å². The number of allylic oxidation sites excluding steroid dienone is 3. The summed E-state index contributed by atoms with van der Waals surface area (Å²) < 4.78 is 81.7. The minimum absolute atomic E-state index is 0.229. The molecule has 0 bridgehead atoms. The van der Waals surface area contributed by atoms with E-state index in [2.05, 4.69) is 9.97 Å². The van der Waals surface area contributed by atoms with E-state index in [1.54, 1.807) is 0 Å². The Morgan fingerprint density at radius 2 is 1.84 bits per heavy atom. The van der Waals surface area contributed by atoms with Gasteiger partial charge in [-0.15, -0.1) is 0 Å². The van der Waals surface area contributed by atoms with Gasteiger partial charge in [0, 0.05) is 29.1 Å². The van der Waals surface area contributed by atoms with Crippen LogP contribution in [-0.4, -0.2) is 28.6 Å². The number of halogens is 7. The highest BCUT2D eigenvalue weighted by Gasteiger charge is 2.44. The number of nitrogens with one attached hydrogen (secondary N) is 1. The molecule has 1 aliphatic carbocycles. The molecule has 11 heteroatoms. The Hall–Kier alpha value is -2.88. The first kappa shape index (κ1) is 22.8. The second-order valence-corrected chi connectivity index (χ2v) is 7.12. The van der Waals surface area contributed by atoms with Crippen molar-refractivity contribution in [2.75, 3.05) is 6.54 Å². The van der Waals surface area contributed by atoms with Crippen LogP contribution in [0.2, 0.25) is 5.02 Å². The topological polar surface area (TPSA) is 54.9 Å². The highest BCUT2D eigenvalue weighted by atomic mass is 35.5. The van der Waals surface area contributed by atoms with Gasteiger partial charge in [0.1, 0.15) is 11.5 Å². The van der Waals surface area contributed by atoms with Gasteiger partial charge in [-0.25, -0.2) is 4.39 Å². The maximum atomic E-state index is 14.6. The Labute approximate surface area is 177 Å². The first-order valence-corrected chi connectivity index (χ1v) is 9.23. The number of rotatable bonds is 5. The SMILES string of the molecule is O=C(NCC(F)(F)c1ncc(-c2cncc(F)c2)cc1Cl)C1=CC=CCC1C(F)(F)F. The first-order chi connectivity index (χ1) is 14.5. The molecule has 0 aromatic carbocycles. The fourth-order valence-electron chi connectivity index (χ4n) is 2.99. The van der Waals surface area contributed by atoms with Crippen LogP contribution in [0.5, 0.6) is 0 Å². The molecule has 1 amide bonds. The van der Waals surface area contributed by atoms with Gasteiger partial charge in [-0.1, -0.05) is 29.8 Å². The zero-order valence-corrected chi connectivity index (χ0v) is 16.3. The number of pyridine rings is 2. The number of alkyl halides is 5. The summed E-state index contributed by atoms with van der Waals surface area (Å²) in [6, 6.07) is 2.24. The predicted octanol–water partition coefficient (Wildman–Crippen LogP) is 5.21. The van der Waals surface area contributed by atoms with Crippen molar-refractivity contribution in [3.05, 3.63) is 71.1 Å². The van der Waals surface area contributed by atoms with Gasteiger partial charge in [-0.2, -0.15) is 22.0 Å². The molecule has 1 aliphatic rings. The maximum Gasteiger partial charge on any atom is 0.396 e. The molecule has 3 rings (SSSR count). The number of hydrogen-bond acceptors (Lipinski definition) is 3. The molecule has 2 aromatic rings. The van der Waals surface area contributed by atoms with E-state index in [1.807, 2.05) is 5.32 Å². The minimum Gasteiger partial charge on any atom is -0.346 e. The molecule has 31 heavy (non-hydrogen) atoms. The average molecular weight is 462 g/mol. The summed E-state index contributed by atoms with van der Waals surface area (Å²) in [6.07, 6.45) is 1.58. The van der Waals surface area contributed by atoms with Crippen LogP contribution in [0.4, 0.5) is 26.3 Å². The molecule has 2 heterocycles. The van der Waals surface area contributed by atoms with Crippen molar-refractivity contribution >= 4 is 17.5 Å².